The Kier molecular flexibility index (Phi) is 7.59. The van der Waals surface area contributed by atoms with Gasteiger partial charge in [-0.15, -0.1) is 0 Å². The first-order chi connectivity index (χ1) is 15.9. The van der Waals surface area contributed by atoms with E-state index in [0.717, 1.165) is 35.5 Å². The Morgan fingerprint density at radius 1 is 0.909 bits per heavy atom. The van der Waals surface area contributed by atoms with E-state index < -0.39 is 0 Å². The number of halogens is 2. The van der Waals surface area contributed by atoms with E-state index in [-0.39, 0.29) is 5.91 Å². The molecule has 33 heavy (non-hydrogen) atoms. The highest BCUT2D eigenvalue weighted by Gasteiger charge is 2.23. The molecule has 4 nitrogen and oxygen atoms in total. The van der Waals surface area contributed by atoms with E-state index in [0.29, 0.717) is 41.8 Å². The van der Waals surface area contributed by atoms with Crippen LogP contribution in [-0.4, -0.2) is 41.9 Å². The molecule has 0 saturated carbocycles. The summed E-state index contributed by atoms with van der Waals surface area (Å²) in [6, 6.07) is 19.4. The zero-order valence-corrected chi connectivity index (χ0v) is 20.5. The number of hydrogen-bond acceptors (Lipinski definition) is 3. The number of carbonyl (C=O) groups excluding carboxylic acids is 1. The molecule has 0 unspecified atom stereocenters. The number of benzene rings is 3. The van der Waals surface area contributed by atoms with E-state index in [2.05, 4.69) is 17.9 Å². The molecule has 1 aliphatic rings. The summed E-state index contributed by atoms with van der Waals surface area (Å²) in [7, 11) is 0. The monoisotopic (exact) mass is 482 g/mol. The fraction of sp³-hybridized carbons (Fsp3) is 0.296. The second-order valence-electron chi connectivity index (χ2n) is 8.53. The Labute approximate surface area is 205 Å². The summed E-state index contributed by atoms with van der Waals surface area (Å²) in [5.41, 5.74) is 4.94. The van der Waals surface area contributed by atoms with Crippen LogP contribution in [0.2, 0.25) is 10.0 Å². The maximum atomic E-state index is 13.1. The van der Waals surface area contributed by atoms with Crippen molar-refractivity contribution in [1.29, 1.82) is 0 Å². The van der Waals surface area contributed by atoms with Gasteiger partial charge in [0.25, 0.3) is 5.91 Å². The van der Waals surface area contributed by atoms with Crippen molar-refractivity contribution >= 4 is 29.1 Å². The van der Waals surface area contributed by atoms with Crippen molar-refractivity contribution in [2.75, 3.05) is 26.2 Å². The second-order valence-corrected chi connectivity index (χ2v) is 9.34. The minimum Gasteiger partial charge on any atom is -0.489 e. The van der Waals surface area contributed by atoms with Gasteiger partial charge < -0.3 is 9.64 Å². The van der Waals surface area contributed by atoms with Crippen molar-refractivity contribution in [3.8, 4) is 5.75 Å². The molecule has 3 aromatic rings. The van der Waals surface area contributed by atoms with Crippen LogP contribution < -0.4 is 4.74 Å². The van der Waals surface area contributed by atoms with Gasteiger partial charge >= 0.3 is 0 Å². The van der Waals surface area contributed by atoms with Gasteiger partial charge in [-0.05, 0) is 55.3 Å². The lowest BCUT2D eigenvalue weighted by molar-refractivity contribution is 0.0628. The molecule has 1 saturated heterocycles. The number of amides is 1. The number of aryl methyl sites for hydroxylation is 2. The number of carbonyl (C=O) groups is 1. The lowest BCUT2D eigenvalue weighted by atomic mass is 10.1. The van der Waals surface area contributed by atoms with Gasteiger partial charge in [0, 0.05) is 53.9 Å². The van der Waals surface area contributed by atoms with Crippen LogP contribution in [0.1, 0.15) is 32.6 Å². The maximum Gasteiger partial charge on any atom is 0.253 e. The summed E-state index contributed by atoms with van der Waals surface area (Å²) in [6.45, 7) is 8.13. The van der Waals surface area contributed by atoms with Crippen LogP contribution in [0.5, 0.6) is 5.75 Å². The molecule has 0 atom stereocenters. The number of rotatable bonds is 6. The smallest absolute Gasteiger partial charge is 0.253 e. The third-order valence-electron chi connectivity index (χ3n) is 6.00. The first kappa shape index (κ1) is 23.6. The van der Waals surface area contributed by atoms with Crippen LogP contribution >= 0.6 is 23.2 Å². The zero-order chi connectivity index (χ0) is 23.4. The third kappa shape index (κ3) is 5.89. The Hall–Kier alpha value is -2.53. The van der Waals surface area contributed by atoms with Crippen LogP contribution in [-0.2, 0) is 13.2 Å². The van der Waals surface area contributed by atoms with Crippen molar-refractivity contribution in [3.63, 3.8) is 0 Å². The minimum atomic E-state index is 0.0544. The molecule has 0 aliphatic carbocycles. The number of ether oxygens (including phenoxy) is 1. The molecule has 4 rings (SSSR count). The van der Waals surface area contributed by atoms with Crippen LogP contribution in [0, 0.1) is 13.8 Å². The zero-order valence-electron chi connectivity index (χ0n) is 19.0. The van der Waals surface area contributed by atoms with Gasteiger partial charge in [0.05, 0.1) is 0 Å². The Morgan fingerprint density at radius 2 is 1.61 bits per heavy atom. The quantitative estimate of drug-likeness (QED) is 0.422. The SMILES string of the molecule is Cc1ccc(OCc2cccc(C(=O)N3CCN(Cc4c(Cl)cccc4Cl)CC3)c2)c(C)c1. The molecule has 1 heterocycles. The lowest BCUT2D eigenvalue weighted by Crippen LogP contribution is -2.48. The molecule has 0 aromatic heterocycles. The Bertz CT molecular complexity index is 1120. The number of hydrogen-bond donors (Lipinski definition) is 0. The van der Waals surface area contributed by atoms with Crippen LogP contribution in [0.25, 0.3) is 0 Å². The summed E-state index contributed by atoms with van der Waals surface area (Å²) >= 11 is 12.6. The van der Waals surface area contributed by atoms with Crippen molar-refractivity contribution in [3.05, 3.63) is 98.5 Å². The third-order valence-corrected chi connectivity index (χ3v) is 6.71. The Balaban J connectivity index is 1.34. The minimum absolute atomic E-state index is 0.0544. The van der Waals surface area contributed by atoms with E-state index in [1.54, 1.807) is 0 Å². The van der Waals surface area contributed by atoms with Gasteiger partial charge in [-0.25, -0.2) is 0 Å². The first-order valence-electron chi connectivity index (χ1n) is 11.1. The second kappa shape index (κ2) is 10.6. The van der Waals surface area contributed by atoms with Crippen LogP contribution in [0.4, 0.5) is 0 Å². The Morgan fingerprint density at radius 3 is 2.30 bits per heavy atom. The molecule has 1 fully saturated rings. The van der Waals surface area contributed by atoms with E-state index >= 15 is 0 Å². The molecular weight excluding hydrogens is 455 g/mol. The summed E-state index contributed by atoms with van der Waals surface area (Å²) in [5.74, 6) is 0.922. The highest BCUT2D eigenvalue weighted by molar-refractivity contribution is 6.35. The molecule has 172 valence electrons. The van der Waals surface area contributed by atoms with E-state index in [4.69, 9.17) is 27.9 Å². The van der Waals surface area contributed by atoms with E-state index in [9.17, 15) is 4.79 Å². The normalized spacial score (nSPS) is 14.4. The van der Waals surface area contributed by atoms with Gasteiger partial charge in [-0.3, -0.25) is 9.69 Å². The molecule has 0 spiro atoms. The summed E-state index contributed by atoms with van der Waals surface area (Å²) < 4.78 is 5.99. The van der Waals surface area contributed by atoms with Crippen LogP contribution in [0.3, 0.4) is 0 Å². The molecular formula is C27H28Cl2N2O2. The first-order valence-corrected chi connectivity index (χ1v) is 11.9. The van der Waals surface area contributed by atoms with Gasteiger partial charge in [-0.2, -0.15) is 0 Å². The average Bonchev–Trinajstić information content (AvgIpc) is 2.81. The molecule has 1 amide bonds. The summed E-state index contributed by atoms with van der Waals surface area (Å²) in [5, 5.41) is 1.36. The highest BCUT2D eigenvalue weighted by atomic mass is 35.5. The van der Waals surface area contributed by atoms with Crippen molar-refractivity contribution in [2.45, 2.75) is 27.0 Å². The van der Waals surface area contributed by atoms with E-state index in [1.807, 2.05) is 66.4 Å². The summed E-state index contributed by atoms with van der Waals surface area (Å²) in [6.07, 6.45) is 0. The summed E-state index contributed by atoms with van der Waals surface area (Å²) in [4.78, 5) is 17.3. The fourth-order valence-electron chi connectivity index (χ4n) is 4.12. The molecule has 1 aliphatic heterocycles. The highest BCUT2D eigenvalue weighted by Crippen LogP contribution is 2.26. The fourth-order valence-corrected chi connectivity index (χ4v) is 4.63. The van der Waals surface area contributed by atoms with Crippen molar-refractivity contribution < 1.29 is 9.53 Å². The topological polar surface area (TPSA) is 32.8 Å². The molecule has 0 N–H and O–H groups in total. The molecule has 0 bridgehead atoms. The average molecular weight is 483 g/mol. The van der Waals surface area contributed by atoms with Gasteiger partial charge in [0.15, 0.2) is 0 Å². The van der Waals surface area contributed by atoms with Crippen LogP contribution in [0.15, 0.2) is 60.7 Å². The standard InChI is InChI=1S/C27H28Cl2N2O2/c1-19-9-10-26(20(2)15-19)33-18-21-5-3-6-22(16-21)27(32)31-13-11-30(12-14-31)17-23-24(28)7-4-8-25(23)29/h3-10,15-16H,11-14,17-18H2,1-2H3. The van der Waals surface area contributed by atoms with Crippen molar-refractivity contribution in [1.82, 2.24) is 9.80 Å². The molecule has 3 aromatic carbocycles. The largest absolute Gasteiger partial charge is 0.489 e. The predicted molar refractivity (Wildman–Crippen MR) is 134 cm³/mol. The van der Waals surface area contributed by atoms with Gasteiger partial charge in [0.2, 0.25) is 0 Å². The van der Waals surface area contributed by atoms with Gasteiger partial charge in [-0.1, -0.05) is 59.1 Å². The maximum absolute atomic E-state index is 13.1. The predicted octanol–water partition coefficient (Wildman–Crippen LogP) is 6.15. The number of nitrogens with zero attached hydrogens (tertiary/aromatic N) is 2. The molecule has 0 radical (unpaired) electrons. The van der Waals surface area contributed by atoms with Gasteiger partial charge in [0.1, 0.15) is 12.4 Å². The van der Waals surface area contributed by atoms with Crippen molar-refractivity contribution in [2.24, 2.45) is 0 Å². The van der Waals surface area contributed by atoms with E-state index in [1.165, 1.54) is 5.56 Å². The lowest BCUT2D eigenvalue weighted by Gasteiger charge is -2.35. The number of piperazine rings is 1. The molecule has 6 heteroatoms.